The second-order valence-corrected chi connectivity index (χ2v) is 10.6. The van der Waals surface area contributed by atoms with E-state index in [-0.39, 0.29) is 23.9 Å². The first kappa shape index (κ1) is 28.1. The van der Waals surface area contributed by atoms with E-state index in [1.807, 2.05) is 52.0 Å². The van der Waals surface area contributed by atoms with Gasteiger partial charge in [-0.25, -0.2) is 4.79 Å². The van der Waals surface area contributed by atoms with E-state index in [0.29, 0.717) is 12.0 Å². The molecule has 1 fully saturated rings. The van der Waals surface area contributed by atoms with E-state index in [4.69, 9.17) is 10.5 Å². The highest BCUT2D eigenvalue weighted by Crippen LogP contribution is 2.41. The highest BCUT2D eigenvalue weighted by molar-refractivity contribution is 5.95. The molecule has 0 spiro atoms. The Morgan fingerprint density at radius 2 is 1.69 bits per heavy atom. The van der Waals surface area contributed by atoms with Gasteiger partial charge in [0.2, 0.25) is 17.7 Å². The molecule has 1 aliphatic carbocycles. The van der Waals surface area contributed by atoms with Gasteiger partial charge < -0.3 is 26.0 Å². The van der Waals surface area contributed by atoms with Crippen LogP contribution in [-0.4, -0.2) is 52.4 Å². The maximum absolute atomic E-state index is 13.9. The number of benzene rings is 1. The number of alkyl carbamates (subject to hydrolysis) is 1. The van der Waals surface area contributed by atoms with Crippen molar-refractivity contribution >= 4 is 23.8 Å². The maximum Gasteiger partial charge on any atom is 0.408 e. The number of carbonyl (C=O) groups is 4. The van der Waals surface area contributed by atoms with Crippen molar-refractivity contribution in [1.29, 1.82) is 0 Å². The molecule has 0 heterocycles. The third-order valence-corrected chi connectivity index (χ3v) is 5.73. The van der Waals surface area contributed by atoms with Crippen LogP contribution in [0.15, 0.2) is 24.3 Å². The molecule has 9 nitrogen and oxygen atoms in total. The summed E-state index contributed by atoms with van der Waals surface area (Å²) in [6.45, 7) is 12.8. The molecular formula is C26H40N4O5. The van der Waals surface area contributed by atoms with Crippen molar-refractivity contribution in [3.05, 3.63) is 35.4 Å². The normalized spacial score (nSPS) is 18.9. The Hall–Kier alpha value is -3.10. The number of amides is 4. The molecule has 4 unspecified atom stereocenters. The SMILES string of the molecule is CCc1ccc(C(C(=O)NC(C)C)N(C(=O)C(CC(N)=O)NC(=O)OC(C)(C)C)C2CC2C)cc1. The number of ether oxygens (including phenoxy) is 1. The summed E-state index contributed by atoms with van der Waals surface area (Å²) in [6, 6.07) is 5.01. The lowest BCUT2D eigenvalue weighted by molar-refractivity contribution is -0.144. The highest BCUT2D eigenvalue weighted by atomic mass is 16.6. The van der Waals surface area contributed by atoms with E-state index in [9.17, 15) is 19.2 Å². The Bertz CT molecular complexity index is 923. The van der Waals surface area contributed by atoms with Crippen LogP contribution in [0, 0.1) is 5.92 Å². The van der Waals surface area contributed by atoms with Gasteiger partial charge in [0.25, 0.3) is 0 Å². The number of hydrogen-bond donors (Lipinski definition) is 3. The lowest BCUT2D eigenvalue weighted by atomic mass is 9.99. The minimum absolute atomic E-state index is 0.144. The molecule has 35 heavy (non-hydrogen) atoms. The van der Waals surface area contributed by atoms with Gasteiger partial charge in [-0.3, -0.25) is 14.4 Å². The average Bonchev–Trinajstić information content (AvgIpc) is 3.44. The summed E-state index contributed by atoms with van der Waals surface area (Å²) in [5, 5.41) is 5.42. The molecule has 1 aromatic carbocycles. The topological polar surface area (TPSA) is 131 Å². The number of nitrogens with zero attached hydrogens (tertiary/aromatic N) is 1. The van der Waals surface area contributed by atoms with E-state index < -0.39 is 42.0 Å². The third-order valence-electron chi connectivity index (χ3n) is 5.73. The Kier molecular flexibility index (Phi) is 9.29. The largest absolute Gasteiger partial charge is 0.444 e. The summed E-state index contributed by atoms with van der Waals surface area (Å²) in [5.41, 5.74) is 6.38. The second-order valence-electron chi connectivity index (χ2n) is 10.6. The van der Waals surface area contributed by atoms with Crippen molar-refractivity contribution in [1.82, 2.24) is 15.5 Å². The molecule has 0 bridgehead atoms. The van der Waals surface area contributed by atoms with Gasteiger partial charge in [-0.05, 0) is 64.5 Å². The first-order valence-corrected chi connectivity index (χ1v) is 12.2. The number of rotatable bonds is 10. The number of primary amides is 1. The van der Waals surface area contributed by atoms with Crippen molar-refractivity contribution in [3.8, 4) is 0 Å². The fourth-order valence-corrected chi connectivity index (χ4v) is 3.94. The standard InChI is InChI=1S/C26H40N4O5/c1-8-17-9-11-18(12-10-17)22(23(32)28-15(2)3)30(20-13-16(20)4)24(33)19(14-21(27)31)29-25(34)35-26(5,6)7/h9-12,15-16,19-20,22H,8,13-14H2,1-7H3,(H2,27,31)(H,28,32)(H,29,34). The van der Waals surface area contributed by atoms with E-state index in [1.165, 1.54) is 4.90 Å². The van der Waals surface area contributed by atoms with Crippen LogP contribution >= 0.6 is 0 Å². The number of carbonyl (C=O) groups excluding carboxylic acids is 4. The van der Waals surface area contributed by atoms with Crippen LogP contribution in [0.5, 0.6) is 0 Å². The highest BCUT2D eigenvalue weighted by Gasteiger charge is 2.48. The number of hydrogen-bond acceptors (Lipinski definition) is 5. The summed E-state index contributed by atoms with van der Waals surface area (Å²) in [5.74, 6) is -1.46. The van der Waals surface area contributed by atoms with Crippen molar-refractivity contribution < 1.29 is 23.9 Å². The van der Waals surface area contributed by atoms with Crippen LogP contribution in [-0.2, 0) is 25.5 Å². The quantitative estimate of drug-likeness (QED) is 0.466. The average molecular weight is 489 g/mol. The van der Waals surface area contributed by atoms with E-state index in [2.05, 4.69) is 10.6 Å². The molecule has 0 aromatic heterocycles. The number of aryl methyl sites for hydroxylation is 1. The van der Waals surface area contributed by atoms with Crippen molar-refractivity contribution in [2.45, 2.75) is 97.5 Å². The van der Waals surface area contributed by atoms with Gasteiger partial charge in [0.15, 0.2) is 0 Å². The molecule has 2 rings (SSSR count). The minimum atomic E-state index is -1.26. The molecule has 1 saturated carbocycles. The zero-order valence-corrected chi connectivity index (χ0v) is 21.9. The summed E-state index contributed by atoms with van der Waals surface area (Å²) in [6.07, 6.45) is 0.297. The van der Waals surface area contributed by atoms with E-state index in [1.54, 1.807) is 20.8 Å². The lowest BCUT2D eigenvalue weighted by Gasteiger charge is -2.35. The predicted molar refractivity (Wildman–Crippen MR) is 133 cm³/mol. The maximum atomic E-state index is 13.9. The van der Waals surface area contributed by atoms with Gasteiger partial charge in [0, 0.05) is 12.1 Å². The van der Waals surface area contributed by atoms with Gasteiger partial charge in [-0.2, -0.15) is 0 Å². The molecular weight excluding hydrogens is 448 g/mol. The zero-order valence-electron chi connectivity index (χ0n) is 21.9. The fraction of sp³-hybridized carbons (Fsp3) is 0.615. The van der Waals surface area contributed by atoms with Gasteiger partial charge in [0.05, 0.1) is 6.42 Å². The summed E-state index contributed by atoms with van der Waals surface area (Å²) in [4.78, 5) is 53.2. The molecule has 9 heteroatoms. The van der Waals surface area contributed by atoms with E-state index >= 15 is 0 Å². The monoisotopic (exact) mass is 488 g/mol. The Morgan fingerprint density at radius 1 is 1.11 bits per heavy atom. The zero-order chi connectivity index (χ0) is 26.5. The molecule has 4 atom stereocenters. The Balaban J connectivity index is 2.49. The molecule has 0 radical (unpaired) electrons. The van der Waals surface area contributed by atoms with Crippen LogP contribution in [0.3, 0.4) is 0 Å². The van der Waals surface area contributed by atoms with Crippen LogP contribution in [0.1, 0.15) is 78.5 Å². The first-order chi connectivity index (χ1) is 16.2. The molecule has 1 aromatic rings. The first-order valence-electron chi connectivity index (χ1n) is 12.2. The van der Waals surface area contributed by atoms with Gasteiger partial charge in [0.1, 0.15) is 17.7 Å². The van der Waals surface area contributed by atoms with Crippen LogP contribution in [0.4, 0.5) is 4.79 Å². The third kappa shape index (κ3) is 8.26. The van der Waals surface area contributed by atoms with Crippen LogP contribution in [0.25, 0.3) is 0 Å². The van der Waals surface area contributed by atoms with Crippen LogP contribution in [0.2, 0.25) is 0 Å². The fourth-order valence-electron chi connectivity index (χ4n) is 3.94. The Labute approximate surface area is 208 Å². The lowest BCUT2D eigenvalue weighted by Crippen LogP contribution is -2.55. The van der Waals surface area contributed by atoms with Crippen LogP contribution < -0.4 is 16.4 Å². The molecule has 4 amide bonds. The molecule has 1 aliphatic rings. The van der Waals surface area contributed by atoms with Gasteiger partial charge in [-0.1, -0.05) is 38.1 Å². The molecule has 0 saturated heterocycles. The molecule has 4 N–H and O–H groups in total. The van der Waals surface area contributed by atoms with Crippen molar-refractivity contribution in [2.24, 2.45) is 11.7 Å². The minimum Gasteiger partial charge on any atom is -0.444 e. The van der Waals surface area contributed by atoms with Crippen molar-refractivity contribution in [2.75, 3.05) is 0 Å². The second kappa shape index (κ2) is 11.6. The summed E-state index contributed by atoms with van der Waals surface area (Å²) >= 11 is 0. The summed E-state index contributed by atoms with van der Waals surface area (Å²) < 4.78 is 5.30. The number of nitrogens with two attached hydrogens (primary N) is 1. The molecule has 0 aliphatic heterocycles. The van der Waals surface area contributed by atoms with Gasteiger partial charge >= 0.3 is 6.09 Å². The predicted octanol–water partition coefficient (Wildman–Crippen LogP) is 2.82. The van der Waals surface area contributed by atoms with Crippen molar-refractivity contribution in [3.63, 3.8) is 0 Å². The smallest absolute Gasteiger partial charge is 0.408 e. The van der Waals surface area contributed by atoms with Gasteiger partial charge in [-0.15, -0.1) is 0 Å². The summed E-state index contributed by atoms with van der Waals surface area (Å²) in [7, 11) is 0. The Morgan fingerprint density at radius 3 is 2.11 bits per heavy atom. The number of nitrogens with one attached hydrogen (secondary N) is 2. The van der Waals surface area contributed by atoms with E-state index in [0.717, 1.165) is 12.0 Å². The molecule has 194 valence electrons.